The average Bonchev–Trinajstić information content (AvgIpc) is 2.38. The van der Waals surface area contributed by atoms with Crippen LogP contribution in [0.15, 0.2) is 12.1 Å². The summed E-state index contributed by atoms with van der Waals surface area (Å²) in [6, 6.07) is 3.19. The maximum Gasteiger partial charge on any atom is 0.254 e. The van der Waals surface area contributed by atoms with Gasteiger partial charge in [0.15, 0.2) is 0 Å². The molecule has 1 fully saturated rings. The highest BCUT2D eigenvalue weighted by Crippen LogP contribution is 2.20. The number of nitrogens with one attached hydrogen (secondary N) is 1. The molecular formula is C12H17ClN4O. The second-order valence-corrected chi connectivity index (χ2v) is 5.07. The van der Waals surface area contributed by atoms with Crippen LogP contribution in [0, 0.1) is 5.92 Å². The Balaban J connectivity index is 2.15. The number of anilines is 1. The molecule has 18 heavy (non-hydrogen) atoms. The predicted molar refractivity (Wildman–Crippen MR) is 71.4 cm³/mol. The Hall–Kier alpha value is -1.33. The molecule has 0 aromatic carbocycles. The van der Waals surface area contributed by atoms with E-state index in [2.05, 4.69) is 17.3 Å². The van der Waals surface area contributed by atoms with Crippen LogP contribution in [-0.2, 0) is 0 Å². The van der Waals surface area contributed by atoms with Gasteiger partial charge in [0.05, 0.1) is 0 Å². The van der Waals surface area contributed by atoms with E-state index in [1.165, 1.54) is 0 Å². The molecule has 0 saturated carbocycles. The average molecular weight is 269 g/mol. The van der Waals surface area contributed by atoms with E-state index in [0.29, 0.717) is 17.3 Å². The van der Waals surface area contributed by atoms with Gasteiger partial charge in [-0.15, -0.1) is 0 Å². The number of pyridine rings is 1. The number of hydrogen-bond donors (Lipinski definition) is 2. The number of aromatic nitrogens is 1. The normalized spacial score (nSPS) is 16.7. The maximum atomic E-state index is 12.3. The number of nitrogens with zero attached hydrogens (tertiary/aromatic N) is 2. The van der Waals surface area contributed by atoms with Crippen molar-refractivity contribution < 1.29 is 4.79 Å². The molecule has 1 aromatic rings. The Morgan fingerprint density at radius 2 is 2.17 bits per heavy atom. The fourth-order valence-corrected chi connectivity index (χ4v) is 2.30. The van der Waals surface area contributed by atoms with Gasteiger partial charge in [0, 0.05) is 18.7 Å². The van der Waals surface area contributed by atoms with E-state index in [1.807, 2.05) is 4.90 Å². The molecule has 0 bridgehead atoms. The van der Waals surface area contributed by atoms with E-state index in [1.54, 1.807) is 12.1 Å². The molecule has 0 unspecified atom stereocenters. The van der Waals surface area contributed by atoms with E-state index < -0.39 is 0 Å². The molecule has 0 radical (unpaired) electrons. The fraction of sp³-hybridized carbons (Fsp3) is 0.500. The molecule has 5 nitrogen and oxygen atoms in total. The van der Waals surface area contributed by atoms with Crippen LogP contribution in [0.2, 0.25) is 5.15 Å². The molecule has 1 amide bonds. The number of nitrogen functional groups attached to an aromatic ring is 1. The second-order valence-electron chi connectivity index (χ2n) is 4.68. The van der Waals surface area contributed by atoms with Crippen molar-refractivity contribution in [1.29, 1.82) is 0 Å². The third-order valence-electron chi connectivity index (χ3n) is 3.26. The Labute approximate surface area is 111 Å². The summed E-state index contributed by atoms with van der Waals surface area (Å²) in [5, 5.41) is 0.263. The lowest BCUT2D eigenvalue weighted by Crippen LogP contribution is -2.38. The molecule has 1 aliphatic heterocycles. The van der Waals surface area contributed by atoms with Crippen molar-refractivity contribution in [2.45, 2.75) is 19.8 Å². The van der Waals surface area contributed by atoms with E-state index in [0.717, 1.165) is 25.9 Å². The SMILES string of the molecule is CC1CCN(C(=O)c2cc(Cl)nc(NN)c2)CC1. The third kappa shape index (κ3) is 2.91. The van der Waals surface area contributed by atoms with Gasteiger partial charge in [-0.2, -0.15) is 0 Å². The van der Waals surface area contributed by atoms with Crippen LogP contribution >= 0.6 is 11.6 Å². The molecule has 1 saturated heterocycles. The first-order chi connectivity index (χ1) is 8.60. The van der Waals surface area contributed by atoms with Crippen molar-refractivity contribution in [1.82, 2.24) is 9.88 Å². The summed E-state index contributed by atoms with van der Waals surface area (Å²) in [5.74, 6) is 6.37. The van der Waals surface area contributed by atoms with Crippen molar-refractivity contribution in [3.05, 3.63) is 22.8 Å². The molecule has 0 atom stereocenters. The van der Waals surface area contributed by atoms with Crippen LogP contribution in [0.3, 0.4) is 0 Å². The van der Waals surface area contributed by atoms with Gasteiger partial charge in [0.2, 0.25) is 0 Å². The minimum atomic E-state index is -0.0114. The molecule has 1 aliphatic rings. The highest BCUT2D eigenvalue weighted by Gasteiger charge is 2.22. The summed E-state index contributed by atoms with van der Waals surface area (Å²) in [4.78, 5) is 18.1. The van der Waals surface area contributed by atoms with Gasteiger partial charge in [-0.3, -0.25) is 4.79 Å². The standard InChI is InChI=1S/C12H17ClN4O/c1-8-2-4-17(5-3-8)12(18)9-6-10(13)15-11(7-9)16-14/h6-8H,2-5,14H2,1H3,(H,15,16). The van der Waals surface area contributed by atoms with E-state index >= 15 is 0 Å². The first kappa shape index (κ1) is 13.1. The second kappa shape index (κ2) is 5.54. The summed E-state index contributed by atoms with van der Waals surface area (Å²) in [5.41, 5.74) is 2.93. The highest BCUT2D eigenvalue weighted by atomic mass is 35.5. The number of piperidine rings is 1. The summed E-state index contributed by atoms with van der Waals surface area (Å²) in [7, 11) is 0. The molecule has 2 rings (SSSR count). The number of carbonyl (C=O) groups excluding carboxylic acids is 1. The molecule has 0 aliphatic carbocycles. The topological polar surface area (TPSA) is 71.2 Å². The molecule has 6 heteroatoms. The molecule has 0 spiro atoms. The number of carbonyl (C=O) groups is 1. The van der Waals surface area contributed by atoms with Gasteiger partial charge >= 0.3 is 0 Å². The van der Waals surface area contributed by atoms with Crippen molar-refractivity contribution in [2.75, 3.05) is 18.5 Å². The van der Waals surface area contributed by atoms with Crippen molar-refractivity contribution in [3.8, 4) is 0 Å². The van der Waals surface area contributed by atoms with Crippen LogP contribution in [0.4, 0.5) is 5.82 Å². The monoisotopic (exact) mass is 268 g/mol. The van der Waals surface area contributed by atoms with Gasteiger partial charge in [0.25, 0.3) is 5.91 Å². The van der Waals surface area contributed by atoms with E-state index in [4.69, 9.17) is 17.4 Å². The predicted octanol–water partition coefficient (Wildman–Crippen LogP) is 1.89. The fourth-order valence-electron chi connectivity index (χ4n) is 2.09. The molecule has 3 N–H and O–H groups in total. The molecule has 2 heterocycles. The van der Waals surface area contributed by atoms with Crippen LogP contribution < -0.4 is 11.3 Å². The van der Waals surface area contributed by atoms with Gasteiger partial charge < -0.3 is 10.3 Å². The summed E-state index contributed by atoms with van der Waals surface area (Å²) < 4.78 is 0. The summed E-state index contributed by atoms with van der Waals surface area (Å²) in [6.07, 6.45) is 2.10. The lowest BCUT2D eigenvalue weighted by molar-refractivity contribution is 0.0697. The Morgan fingerprint density at radius 1 is 1.50 bits per heavy atom. The number of amides is 1. The number of hydrazine groups is 1. The van der Waals surface area contributed by atoms with Crippen molar-refractivity contribution in [2.24, 2.45) is 11.8 Å². The largest absolute Gasteiger partial charge is 0.339 e. The van der Waals surface area contributed by atoms with Crippen LogP contribution in [0.1, 0.15) is 30.1 Å². The number of rotatable bonds is 2. The summed E-state index contributed by atoms with van der Waals surface area (Å²) >= 11 is 5.86. The number of likely N-dealkylation sites (tertiary alicyclic amines) is 1. The minimum absolute atomic E-state index is 0.0114. The molecule has 98 valence electrons. The first-order valence-corrected chi connectivity index (χ1v) is 6.41. The smallest absolute Gasteiger partial charge is 0.254 e. The lowest BCUT2D eigenvalue weighted by atomic mass is 9.99. The number of halogens is 1. The summed E-state index contributed by atoms with van der Waals surface area (Å²) in [6.45, 7) is 3.80. The Kier molecular flexibility index (Phi) is 4.04. The molecular weight excluding hydrogens is 252 g/mol. The maximum absolute atomic E-state index is 12.3. The van der Waals surface area contributed by atoms with Gasteiger partial charge in [0.1, 0.15) is 11.0 Å². The van der Waals surface area contributed by atoms with Crippen molar-refractivity contribution in [3.63, 3.8) is 0 Å². The minimum Gasteiger partial charge on any atom is -0.339 e. The first-order valence-electron chi connectivity index (χ1n) is 6.03. The zero-order valence-electron chi connectivity index (χ0n) is 10.3. The van der Waals surface area contributed by atoms with Crippen LogP contribution in [-0.4, -0.2) is 28.9 Å². The number of hydrogen-bond acceptors (Lipinski definition) is 4. The molecule has 1 aromatic heterocycles. The van der Waals surface area contributed by atoms with E-state index in [9.17, 15) is 4.79 Å². The van der Waals surface area contributed by atoms with Gasteiger partial charge in [-0.25, -0.2) is 10.8 Å². The zero-order chi connectivity index (χ0) is 13.1. The quantitative estimate of drug-likeness (QED) is 0.488. The van der Waals surface area contributed by atoms with Crippen LogP contribution in [0.5, 0.6) is 0 Å². The number of nitrogens with two attached hydrogens (primary N) is 1. The Bertz CT molecular complexity index is 444. The van der Waals surface area contributed by atoms with Gasteiger partial charge in [-0.1, -0.05) is 18.5 Å². The van der Waals surface area contributed by atoms with E-state index in [-0.39, 0.29) is 11.1 Å². The third-order valence-corrected chi connectivity index (χ3v) is 3.45. The Morgan fingerprint density at radius 3 is 2.78 bits per heavy atom. The lowest BCUT2D eigenvalue weighted by Gasteiger charge is -2.30. The highest BCUT2D eigenvalue weighted by molar-refractivity contribution is 6.29. The van der Waals surface area contributed by atoms with Gasteiger partial charge in [-0.05, 0) is 30.9 Å². The van der Waals surface area contributed by atoms with Crippen LogP contribution in [0.25, 0.3) is 0 Å². The zero-order valence-corrected chi connectivity index (χ0v) is 11.1. The van der Waals surface area contributed by atoms with Crippen molar-refractivity contribution >= 4 is 23.3 Å².